The van der Waals surface area contributed by atoms with E-state index >= 15 is 0 Å². The van der Waals surface area contributed by atoms with Crippen LogP contribution in [0.25, 0.3) is 0 Å². The number of aliphatic hydroxyl groups excluding tert-OH is 1. The van der Waals surface area contributed by atoms with E-state index in [1.54, 1.807) is 0 Å². The van der Waals surface area contributed by atoms with E-state index in [1.165, 1.54) is 18.2 Å². The summed E-state index contributed by atoms with van der Waals surface area (Å²) in [7, 11) is 0. The maximum absolute atomic E-state index is 12.7. The Morgan fingerprint density at radius 3 is 1.71 bits per heavy atom. The van der Waals surface area contributed by atoms with E-state index in [0.717, 1.165) is 18.2 Å². The van der Waals surface area contributed by atoms with Crippen molar-refractivity contribution in [2.75, 3.05) is 0 Å². The average Bonchev–Trinajstić information content (AvgIpc) is 2.56. The van der Waals surface area contributed by atoms with Gasteiger partial charge in [-0.2, -0.15) is 8.78 Å². The molecule has 0 aliphatic rings. The Kier molecular flexibility index (Phi) is 7.33. The fourth-order valence-electron chi connectivity index (χ4n) is 1.58. The third-order valence-electron chi connectivity index (χ3n) is 2.75. The number of nitro groups is 2. The number of hydrogen-bond donors (Lipinski definition) is 1. The van der Waals surface area contributed by atoms with Crippen LogP contribution in [0.4, 0.5) is 20.2 Å². The van der Waals surface area contributed by atoms with Crippen molar-refractivity contribution in [1.82, 2.24) is 0 Å². The Hall–Kier alpha value is -2.46. The summed E-state index contributed by atoms with van der Waals surface area (Å²) in [6.07, 6.45) is 0. The summed E-state index contributed by atoms with van der Waals surface area (Å²) in [6.45, 7) is -0.332. The summed E-state index contributed by atoms with van der Waals surface area (Å²) in [6, 6.07) is 7.07. The van der Waals surface area contributed by atoms with Crippen LogP contribution >= 0.6 is 15.9 Å². The van der Waals surface area contributed by atoms with Crippen molar-refractivity contribution in [3.63, 3.8) is 0 Å². The first-order valence-corrected chi connectivity index (χ1v) is 7.44. The molecule has 2 rings (SSSR count). The van der Waals surface area contributed by atoms with Gasteiger partial charge in [0, 0.05) is 17.5 Å². The average molecular weight is 405 g/mol. The van der Waals surface area contributed by atoms with Crippen molar-refractivity contribution in [1.29, 1.82) is 0 Å². The van der Waals surface area contributed by atoms with Crippen LogP contribution < -0.4 is 0 Å². The van der Waals surface area contributed by atoms with E-state index in [2.05, 4.69) is 15.9 Å². The largest absolute Gasteiger partial charge is 0.392 e. The van der Waals surface area contributed by atoms with Crippen LogP contribution in [0.2, 0.25) is 0 Å². The van der Waals surface area contributed by atoms with Gasteiger partial charge in [-0.15, -0.1) is 0 Å². The van der Waals surface area contributed by atoms with Gasteiger partial charge in [-0.25, -0.2) is 0 Å². The second-order valence-corrected chi connectivity index (χ2v) is 4.94. The van der Waals surface area contributed by atoms with Crippen LogP contribution in [0.3, 0.4) is 0 Å². The number of nitrogens with zero attached hydrogens (tertiary/aromatic N) is 2. The Labute approximate surface area is 143 Å². The first-order chi connectivity index (χ1) is 11.3. The number of alkyl halides is 1. The predicted octanol–water partition coefficient (Wildman–Crippen LogP) is 3.86. The van der Waals surface area contributed by atoms with E-state index in [9.17, 15) is 29.0 Å². The minimum atomic E-state index is -0.891. The summed E-state index contributed by atoms with van der Waals surface area (Å²) in [5.74, 6) is -1.69. The highest BCUT2D eigenvalue weighted by Gasteiger charge is 2.14. The van der Waals surface area contributed by atoms with Crippen LogP contribution in [0, 0.1) is 31.9 Å². The highest BCUT2D eigenvalue weighted by molar-refractivity contribution is 9.08. The van der Waals surface area contributed by atoms with E-state index < -0.39 is 32.9 Å². The molecule has 0 fully saturated rings. The highest BCUT2D eigenvalue weighted by Crippen LogP contribution is 2.20. The molecule has 0 saturated carbocycles. The highest BCUT2D eigenvalue weighted by atomic mass is 79.9. The first kappa shape index (κ1) is 19.6. The van der Waals surface area contributed by atoms with E-state index in [-0.39, 0.29) is 6.61 Å². The molecule has 1 N–H and O–H groups in total. The van der Waals surface area contributed by atoms with E-state index in [4.69, 9.17) is 5.11 Å². The molecular formula is C14H11BrF2N2O5. The molecule has 0 saturated heterocycles. The molecule has 0 amide bonds. The first-order valence-electron chi connectivity index (χ1n) is 6.32. The lowest BCUT2D eigenvalue weighted by atomic mass is 10.2. The molecule has 0 radical (unpaired) electrons. The third kappa shape index (κ3) is 5.32. The second kappa shape index (κ2) is 8.99. The molecule has 0 spiro atoms. The van der Waals surface area contributed by atoms with E-state index in [1.807, 2.05) is 0 Å². The molecule has 0 atom stereocenters. The number of hydrogen-bond acceptors (Lipinski definition) is 5. The lowest BCUT2D eigenvalue weighted by molar-refractivity contribution is -0.387. The molecule has 0 bridgehead atoms. The lowest BCUT2D eigenvalue weighted by Crippen LogP contribution is -1.94. The van der Waals surface area contributed by atoms with Crippen molar-refractivity contribution >= 4 is 27.3 Å². The van der Waals surface area contributed by atoms with Crippen molar-refractivity contribution in [2.45, 2.75) is 11.9 Å². The van der Waals surface area contributed by atoms with Gasteiger partial charge in [0.15, 0.2) is 0 Å². The Balaban J connectivity index is 0.000000240. The maximum atomic E-state index is 12.7. The minimum Gasteiger partial charge on any atom is -0.392 e. The molecule has 7 nitrogen and oxygen atoms in total. The molecule has 0 aliphatic carbocycles. The molecule has 24 heavy (non-hydrogen) atoms. The van der Waals surface area contributed by atoms with Crippen LogP contribution in [0.5, 0.6) is 0 Å². The van der Waals surface area contributed by atoms with Crippen LogP contribution in [-0.4, -0.2) is 15.0 Å². The van der Waals surface area contributed by atoms with Gasteiger partial charge >= 0.3 is 11.4 Å². The zero-order chi connectivity index (χ0) is 18.3. The summed E-state index contributed by atoms with van der Waals surface area (Å²) in [4.78, 5) is 18.9. The quantitative estimate of drug-likeness (QED) is 0.473. The fourth-order valence-corrected chi connectivity index (χ4v) is 1.93. The smallest absolute Gasteiger partial charge is 0.305 e. The van der Waals surface area contributed by atoms with Gasteiger partial charge in [0.1, 0.15) is 0 Å². The Bertz CT molecular complexity index is 694. The standard InChI is InChI=1S/C7H5BrFNO2.C7H6FNO3/c8-4-5-1-2-6(9)7(3-5)10(11)12;8-6-2-1-5(4-10)3-7(6)9(11)12/h1-3H,4H2;1-3,10H,4H2. The van der Waals surface area contributed by atoms with Gasteiger partial charge in [-0.05, 0) is 23.3 Å². The van der Waals surface area contributed by atoms with Crippen molar-refractivity contribution in [3.8, 4) is 0 Å². The second-order valence-electron chi connectivity index (χ2n) is 4.38. The molecule has 0 aliphatic heterocycles. The molecule has 2 aromatic carbocycles. The number of nitro benzene ring substituents is 2. The van der Waals surface area contributed by atoms with Crippen LogP contribution in [0.1, 0.15) is 11.1 Å². The van der Waals surface area contributed by atoms with Gasteiger partial charge in [-0.3, -0.25) is 20.2 Å². The van der Waals surface area contributed by atoms with Gasteiger partial charge in [0.2, 0.25) is 11.6 Å². The monoisotopic (exact) mass is 404 g/mol. The summed E-state index contributed by atoms with van der Waals surface area (Å²) >= 11 is 3.12. The van der Waals surface area contributed by atoms with Crippen molar-refractivity contribution in [2.24, 2.45) is 0 Å². The van der Waals surface area contributed by atoms with Crippen LogP contribution in [-0.2, 0) is 11.9 Å². The van der Waals surface area contributed by atoms with Gasteiger partial charge in [-0.1, -0.05) is 28.1 Å². The zero-order valence-electron chi connectivity index (χ0n) is 12.0. The normalized spacial score (nSPS) is 9.83. The summed E-state index contributed by atoms with van der Waals surface area (Å²) in [5.41, 5.74) is -0.0836. The molecule has 0 unspecified atom stereocenters. The number of halogens is 3. The maximum Gasteiger partial charge on any atom is 0.305 e. The van der Waals surface area contributed by atoms with Crippen molar-refractivity contribution < 1.29 is 23.7 Å². The lowest BCUT2D eigenvalue weighted by Gasteiger charge is -1.96. The third-order valence-corrected chi connectivity index (χ3v) is 3.40. The molecule has 0 heterocycles. The molecule has 0 aromatic heterocycles. The number of aliphatic hydroxyl groups is 1. The van der Waals surface area contributed by atoms with Gasteiger partial charge in [0.05, 0.1) is 16.5 Å². The van der Waals surface area contributed by atoms with Gasteiger partial charge < -0.3 is 5.11 Å². The Morgan fingerprint density at radius 1 is 0.917 bits per heavy atom. The fraction of sp³-hybridized carbons (Fsp3) is 0.143. The number of rotatable bonds is 4. The minimum absolute atomic E-state index is 0.322. The van der Waals surface area contributed by atoms with Crippen LogP contribution in [0.15, 0.2) is 36.4 Å². The Morgan fingerprint density at radius 2 is 1.33 bits per heavy atom. The topological polar surface area (TPSA) is 107 Å². The molecule has 2 aromatic rings. The molecular weight excluding hydrogens is 394 g/mol. The molecule has 128 valence electrons. The van der Waals surface area contributed by atoms with Gasteiger partial charge in [0.25, 0.3) is 0 Å². The van der Waals surface area contributed by atoms with E-state index in [0.29, 0.717) is 16.5 Å². The molecule has 10 heteroatoms. The number of benzene rings is 2. The summed E-state index contributed by atoms with van der Waals surface area (Å²) < 4.78 is 25.3. The van der Waals surface area contributed by atoms with Crippen molar-refractivity contribution in [3.05, 3.63) is 79.4 Å². The zero-order valence-corrected chi connectivity index (χ0v) is 13.6. The predicted molar refractivity (Wildman–Crippen MR) is 84.7 cm³/mol. The summed E-state index contributed by atoms with van der Waals surface area (Å²) in [5, 5.41) is 29.5. The SMILES string of the molecule is O=[N+]([O-])c1cc(CBr)ccc1F.O=[N+]([O-])c1cc(CO)ccc1F.